The maximum atomic E-state index is 12.4. The van der Waals surface area contributed by atoms with Crippen molar-refractivity contribution in [1.29, 1.82) is 0 Å². The Labute approximate surface area is 130 Å². The van der Waals surface area contributed by atoms with E-state index in [9.17, 15) is 9.59 Å². The van der Waals surface area contributed by atoms with E-state index in [0.717, 1.165) is 0 Å². The molecule has 0 aliphatic carbocycles. The number of rotatable bonds is 2. The zero-order valence-corrected chi connectivity index (χ0v) is 15.2. The van der Waals surface area contributed by atoms with Crippen molar-refractivity contribution in [3.8, 4) is 0 Å². The molecule has 1 aliphatic heterocycles. The first-order chi connectivity index (χ1) is 9.50. The summed E-state index contributed by atoms with van der Waals surface area (Å²) >= 11 is 0. The maximum Gasteiger partial charge on any atom is 0.329 e. The van der Waals surface area contributed by atoms with Gasteiger partial charge in [-0.05, 0) is 11.3 Å². The molecule has 0 N–H and O–H groups in total. The minimum atomic E-state index is -0.470. The van der Waals surface area contributed by atoms with Crippen LogP contribution in [-0.4, -0.2) is 36.5 Å². The lowest BCUT2D eigenvalue weighted by Crippen LogP contribution is -2.47. The SMILES string of the molecule is CC.COC(=O)[C@H]1N(C(=O)CC(C)(C)C)CC(C)C1(C)C. The number of nitrogens with zero attached hydrogens (tertiary/aromatic N) is 1. The third-order valence-corrected chi connectivity index (χ3v) is 4.18. The lowest BCUT2D eigenvalue weighted by atomic mass is 9.77. The number of amides is 1. The fourth-order valence-electron chi connectivity index (χ4n) is 2.65. The van der Waals surface area contributed by atoms with Gasteiger partial charge in [-0.25, -0.2) is 4.79 Å². The standard InChI is InChI=1S/C15H27NO3.C2H6/c1-10-9-16(11(17)8-14(2,3)4)12(13(18)19-7)15(10,5)6;1-2/h10,12H,8-9H2,1-7H3;1-2H3/t10?,12-;/m1./s1. The predicted octanol–water partition coefficient (Wildman–Crippen LogP) is 3.49. The molecule has 1 aliphatic rings. The molecule has 2 atom stereocenters. The summed E-state index contributed by atoms with van der Waals surface area (Å²) in [7, 11) is 1.38. The Kier molecular flexibility index (Phi) is 6.91. The van der Waals surface area contributed by atoms with Crippen molar-refractivity contribution < 1.29 is 14.3 Å². The van der Waals surface area contributed by atoms with E-state index in [1.54, 1.807) is 4.90 Å². The third-order valence-electron chi connectivity index (χ3n) is 4.18. The second-order valence-electron chi connectivity index (χ2n) is 7.43. The summed E-state index contributed by atoms with van der Waals surface area (Å²) in [4.78, 5) is 26.2. The van der Waals surface area contributed by atoms with E-state index in [1.807, 2.05) is 48.5 Å². The molecule has 21 heavy (non-hydrogen) atoms. The van der Waals surface area contributed by atoms with E-state index in [2.05, 4.69) is 6.92 Å². The highest BCUT2D eigenvalue weighted by atomic mass is 16.5. The summed E-state index contributed by atoms with van der Waals surface area (Å²) in [5.74, 6) is 0.0115. The molecule has 0 bridgehead atoms. The molecule has 0 aromatic rings. The van der Waals surface area contributed by atoms with Crippen molar-refractivity contribution in [3.63, 3.8) is 0 Å². The molecule has 1 unspecified atom stereocenters. The first kappa shape index (κ1) is 19.9. The summed E-state index contributed by atoms with van der Waals surface area (Å²) in [6.45, 7) is 16.9. The number of carbonyl (C=O) groups excluding carboxylic acids is 2. The average Bonchev–Trinajstić information content (AvgIpc) is 2.60. The van der Waals surface area contributed by atoms with Gasteiger partial charge in [0.05, 0.1) is 7.11 Å². The van der Waals surface area contributed by atoms with E-state index < -0.39 is 6.04 Å². The topological polar surface area (TPSA) is 46.6 Å². The Morgan fingerprint density at radius 2 is 1.71 bits per heavy atom. The summed E-state index contributed by atoms with van der Waals surface area (Å²) < 4.78 is 4.90. The highest BCUT2D eigenvalue weighted by Crippen LogP contribution is 2.42. The number of hydrogen-bond acceptors (Lipinski definition) is 3. The number of methoxy groups -OCH3 is 1. The van der Waals surface area contributed by atoms with Crippen LogP contribution in [0.2, 0.25) is 0 Å². The molecule has 0 radical (unpaired) electrons. The van der Waals surface area contributed by atoms with Crippen molar-refractivity contribution in [2.24, 2.45) is 16.7 Å². The molecule has 1 amide bonds. The lowest BCUT2D eigenvalue weighted by molar-refractivity contribution is -0.154. The van der Waals surface area contributed by atoms with Crippen molar-refractivity contribution in [3.05, 3.63) is 0 Å². The van der Waals surface area contributed by atoms with Crippen LogP contribution in [0.25, 0.3) is 0 Å². The second kappa shape index (κ2) is 7.28. The quantitative estimate of drug-likeness (QED) is 0.733. The van der Waals surface area contributed by atoms with E-state index in [4.69, 9.17) is 4.74 Å². The largest absolute Gasteiger partial charge is 0.467 e. The third kappa shape index (κ3) is 4.72. The lowest BCUT2D eigenvalue weighted by Gasteiger charge is -2.32. The van der Waals surface area contributed by atoms with E-state index in [-0.39, 0.29) is 28.6 Å². The number of carbonyl (C=O) groups is 2. The van der Waals surface area contributed by atoms with E-state index >= 15 is 0 Å². The fourth-order valence-corrected chi connectivity index (χ4v) is 2.65. The highest BCUT2D eigenvalue weighted by Gasteiger charge is 2.52. The molecule has 0 aromatic carbocycles. The Morgan fingerprint density at radius 1 is 1.24 bits per heavy atom. The van der Waals surface area contributed by atoms with Gasteiger partial charge in [-0.15, -0.1) is 0 Å². The highest BCUT2D eigenvalue weighted by molar-refractivity contribution is 5.86. The smallest absolute Gasteiger partial charge is 0.329 e. The minimum absolute atomic E-state index is 0.0420. The number of esters is 1. The van der Waals surface area contributed by atoms with Crippen LogP contribution in [0.1, 0.15) is 61.8 Å². The molecule has 1 heterocycles. The van der Waals surface area contributed by atoms with Crippen LogP contribution in [0.3, 0.4) is 0 Å². The molecule has 0 saturated carbocycles. The van der Waals surface area contributed by atoms with Gasteiger partial charge in [-0.3, -0.25) is 4.79 Å². The summed E-state index contributed by atoms with van der Waals surface area (Å²) in [6, 6.07) is -0.470. The molecule has 1 saturated heterocycles. The number of likely N-dealkylation sites (tertiary alicyclic amines) is 1. The van der Waals surface area contributed by atoms with Gasteiger partial charge in [0.2, 0.25) is 5.91 Å². The van der Waals surface area contributed by atoms with Crippen molar-refractivity contribution in [1.82, 2.24) is 4.90 Å². The number of ether oxygens (including phenoxy) is 1. The number of hydrogen-bond donors (Lipinski definition) is 0. The fraction of sp³-hybridized carbons (Fsp3) is 0.882. The van der Waals surface area contributed by atoms with Crippen LogP contribution in [0.4, 0.5) is 0 Å². The van der Waals surface area contributed by atoms with Gasteiger partial charge < -0.3 is 9.64 Å². The Balaban J connectivity index is 0.00000191. The van der Waals surface area contributed by atoms with Gasteiger partial charge in [0.15, 0.2) is 0 Å². The van der Waals surface area contributed by atoms with Crippen molar-refractivity contribution in [2.45, 2.75) is 67.9 Å². The van der Waals surface area contributed by atoms with Gasteiger partial charge in [0.25, 0.3) is 0 Å². The van der Waals surface area contributed by atoms with Crippen LogP contribution in [0.15, 0.2) is 0 Å². The zero-order valence-electron chi connectivity index (χ0n) is 15.2. The zero-order chi connectivity index (χ0) is 17.0. The van der Waals surface area contributed by atoms with E-state index in [1.165, 1.54) is 7.11 Å². The van der Waals surface area contributed by atoms with Crippen LogP contribution >= 0.6 is 0 Å². The first-order valence-electron chi connectivity index (χ1n) is 7.88. The van der Waals surface area contributed by atoms with Crippen molar-refractivity contribution in [2.75, 3.05) is 13.7 Å². The molecule has 4 heteroatoms. The van der Waals surface area contributed by atoms with E-state index in [0.29, 0.717) is 13.0 Å². The summed E-state index contributed by atoms with van der Waals surface area (Å²) in [5.41, 5.74) is -0.325. The van der Waals surface area contributed by atoms with Gasteiger partial charge in [0.1, 0.15) is 6.04 Å². The minimum Gasteiger partial charge on any atom is -0.467 e. The molecule has 0 spiro atoms. The maximum absolute atomic E-state index is 12.4. The molecular weight excluding hydrogens is 266 g/mol. The normalized spacial score (nSPS) is 24.1. The van der Waals surface area contributed by atoms with Crippen LogP contribution in [0.5, 0.6) is 0 Å². The Morgan fingerprint density at radius 3 is 2.10 bits per heavy atom. The average molecular weight is 299 g/mol. The second-order valence-corrected chi connectivity index (χ2v) is 7.43. The monoisotopic (exact) mass is 299 g/mol. The molecule has 124 valence electrons. The molecule has 0 aromatic heterocycles. The van der Waals surface area contributed by atoms with Gasteiger partial charge in [-0.1, -0.05) is 55.4 Å². The Hall–Kier alpha value is -1.06. The van der Waals surface area contributed by atoms with Gasteiger partial charge >= 0.3 is 5.97 Å². The summed E-state index contributed by atoms with van der Waals surface area (Å²) in [5, 5.41) is 0. The van der Waals surface area contributed by atoms with Crippen LogP contribution < -0.4 is 0 Å². The molecule has 4 nitrogen and oxygen atoms in total. The van der Waals surface area contributed by atoms with Gasteiger partial charge in [-0.2, -0.15) is 0 Å². The molecule has 1 rings (SSSR count). The van der Waals surface area contributed by atoms with Crippen molar-refractivity contribution >= 4 is 11.9 Å². The van der Waals surface area contributed by atoms with Gasteiger partial charge in [0, 0.05) is 18.4 Å². The molecular formula is C17H33NO3. The Bertz CT molecular complexity index is 369. The summed E-state index contributed by atoms with van der Waals surface area (Å²) in [6.07, 6.45) is 0.448. The predicted molar refractivity (Wildman–Crippen MR) is 85.9 cm³/mol. The van der Waals surface area contributed by atoms with Crippen LogP contribution in [-0.2, 0) is 14.3 Å². The molecule has 1 fully saturated rings. The van der Waals surface area contributed by atoms with Crippen LogP contribution in [0, 0.1) is 16.7 Å². The first-order valence-corrected chi connectivity index (χ1v) is 7.88.